The van der Waals surface area contributed by atoms with Crippen molar-refractivity contribution in [3.8, 4) is 0 Å². The number of aryl methyl sites for hydroxylation is 1. The van der Waals surface area contributed by atoms with Crippen molar-refractivity contribution in [2.75, 3.05) is 5.32 Å². The van der Waals surface area contributed by atoms with Crippen LogP contribution in [0, 0.1) is 6.92 Å². The van der Waals surface area contributed by atoms with Gasteiger partial charge >= 0.3 is 0 Å². The predicted octanol–water partition coefficient (Wildman–Crippen LogP) is 1.56. The largest absolute Gasteiger partial charge is 0.340 e. The van der Waals surface area contributed by atoms with Gasteiger partial charge in [-0.05, 0) is 12.1 Å². The van der Waals surface area contributed by atoms with E-state index in [9.17, 15) is 4.79 Å². The van der Waals surface area contributed by atoms with Crippen LogP contribution in [-0.4, -0.2) is 16.0 Å². The van der Waals surface area contributed by atoms with Crippen LogP contribution in [0.15, 0.2) is 34.9 Å². The lowest BCUT2D eigenvalue weighted by Crippen LogP contribution is -2.15. The summed E-state index contributed by atoms with van der Waals surface area (Å²) in [4.78, 5) is 15.5. The molecule has 1 N–H and O–H groups in total. The van der Waals surface area contributed by atoms with Gasteiger partial charge in [0.25, 0.3) is 0 Å². The maximum Gasteiger partial charge on any atom is 0.232 e. The molecule has 1 aromatic carbocycles. The zero-order valence-corrected chi connectivity index (χ0v) is 8.80. The number of carbonyl (C=O) groups excluding carboxylic acids is 1. The third kappa shape index (κ3) is 2.66. The SMILES string of the molecule is Cc1nc(CC(=O)Nc2ccccc2)no1. The van der Waals surface area contributed by atoms with Crippen LogP contribution in [0.5, 0.6) is 0 Å². The highest BCUT2D eigenvalue weighted by Gasteiger charge is 2.08. The third-order valence-corrected chi connectivity index (χ3v) is 1.95. The van der Waals surface area contributed by atoms with Gasteiger partial charge in [-0.15, -0.1) is 0 Å². The number of nitrogens with zero attached hydrogens (tertiary/aromatic N) is 2. The minimum atomic E-state index is -0.160. The number of carbonyl (C=O) groups is 1. The molecule has 0 aliphatic carbocycles. The number of hydrogen-bond donors (Lipinski definition) is 1. The van der Waals surface area contributed by atoms with E-state index in [1.54, 1.807) is 6.92 Å². The zero-order valence-electron chi connectivity index (χ0n) is 8.80. The Balaban J connectivity index is 1.95. The molecule has 0 saturated carbocycles. The van der Waals surface area contributed by atoms with Crippen molar-refractivity contribution in [1.29, 1.82) is 0 Å². The molecule has 0 saturated heterocycles. The Kier molecular flexibility index (Phi) is 2.95. The molecular weight excluding hydrogens is 206 g/mol. The molecule has 0 atom stereocenters. The molecule has 1 heterocycles. The van der Waals surface area contributed by atoms with Gasteiger partial charge in [0, 0.05) is 12.6 Å². The average molecular weight is 217 g/mol. The summed E-state index contributed by atoms with van der Waals surface area (Å²) in [5, 5.41) is 6.39. The molecular formula is C11H11N3O2. The molecule has 2 rings (SSSR count). The van der Waals surface area contributed by atoms with Crippen LogP contribution in [0.2, 0.25) is 0 Å². The van der Waals surface area contributed by atoms with Gasteiger partial charge in [0.2, 0.25) is 11.8 Å². The quantitative estimate of drug-likeness (QED) is 0.847. The molecule has 0 spiro atoms. The van der Waals surface area contributed by atoms with E-state index in [4.69, 9.17) is 4.52 Å². The highest BCUT2D eigenvalue weighted by Crippen LogP contribution is 2.05. The normalized spacial score (nSPS) is 10.1. The van der Waals surface area contributed by atoms with Crippen LogP contribution in [0.3, 0.4) is 0 Å². The molecule has 16 heavy (non-hydrogen) atoms. The van der Waals surface area contributed by atoms with E-state index in [-0.39, 0.29) is 12.3 Å². The molecule has 82 valence electrons. The fourth-order valence-electron chi connectivity index (χ4n) is 1.28. The second-order valence-corrected chi connectivity index (χ2v) is 3.32. The Hall–Kier alpha value is -2.17. The number of rotatable bonds is 3. The number of hydrogen-bond acceptors (Lipinski definition) is 4. The fraction of sp³-hybridized carbons (Fsp3) is 0.182. The maximum atomic E-state index is 11.6. The second-order valence-electron chi connectivity index (χ2n) is 3.32. The molecule has 0 aliphatic rings. The number of anilines is 1. The maximum absolute atomic E-state index is 11.6. The van der Waals surface area contributed by atoms with E-state index in [0.29, 0.717) is 11.7 Å². The molecule has 0 bridgehead atoms. The van der Waals surface area contributed by atoms with Crippen molar-refractivity contribution in [2.45, 2.75) is 13.3 Å². The Labute approximate surface area is 92.5 Å². The summed E-state index contributed by atoms with van der Waals surface area (Å²) in [6, 6.07) is 9.24. The number of amides is 1. The van der Waals surface area contributed by atoms with E-state index in [1.807, 2.05) is 30.3 Å². The summed E-state index contributed by atoms with van der Waals surface area (Å²) in [6.45, 7) is 1.69. The Morgan fingerprint density at radius 2 is 2.12 bits per heavy atom. The number of nitrogens with one attached hydrogen (secondary N) is 1. The molecule has 2 aromatic rings. The summed E-state index contributed by atoms with van der Waals surface area (Å²) in [7, 11) is 0. The highest BCUT2D eigenvalue weighted by molar-refractivity contribution is 5.91. The van der Waals surface area contributed by atoms with Gasteiger partial charge in [-0.3, -0.25) is 4.79 Å². The van der Waals surface area contributed by atoms with E-state index in [1.165, 1.54) is 0 Å². The van der Waals surface area contributed by atoms with Gasteiger partial charge in [0.05, 0.1) is 6.42 Å². The van der Waals surface area contributed by atoms with Crippen LogP contribution in [0.25, 0.3) is 0 Å². The van der Waals surface area contributed by atoms with Crippen LogP contribution < -0.4 is 5.32 Å². The second kappa shape index (κ2) is 4.57. The van der Waals surface area contributed by atoms with Gasteiger partial charge in [-0.1, -0.05) is 23.4 Å². The summed E-state index contributed by atoms with van der Waals surface area (Å²) in [5.74, 6) is 0.695. The first-order valence-electron chi connectivity index (χ1n) is 4.88. The molecule has 0 unspecified atom stereocenters. The van der Waals surface area contributed by atoms with Crippen LogP contribution in [0.1, 0.15) is 11.7 Å². The molecule has 0 aliphatic heterocycles. The van der Waals surface area contributed by atoms with Crippen LogP contribution in [-0.2, 0) is 11.2 Å². The van der Waals surface area contributed by atoms with Crippen molar-refractivity contribution in [1.82, 2.24) is 10.1 Å². The van der Waals surface area contributed by atoms with Crippen molar-refractivity contribution in [3.05, 3.63) is 42.0 Å². The van der Waals surface area contributed by atoms with Crippen molar-refractivity contribution < 1.29 is 9.32 Å². The first-order chi connectivity index (χ1) is 7.74. The van der Waals surface area contributed by atoms with E-state index < -0.39 is 0 Å². The molecule has 1 aromatic heterocycles. The fourth-order valence-corrected chi connectivity index (χ4v) is 1.28. The first kappa shape index (κ1) is 10.4. The Bertz CT molecular complexity index is 479. The minimum absolute atomic E-state index is 0.117. The van der Waals surface area contributed by atoms with Gasteiger partial charge in [-0.25, -0.2) is 0 Å². The smallest absolute Gasteiger partial charge is 0.232 e. The van der Waals surface area contributed by atoms with Crippen molar-refractivity contribution in [2.24, 2.45) is 0 Å². The van der Waals surface area contributed by atoms with Crippen LogP contribution >= 0.6 is 0 Å². The Morgan fingerprint density at radius 3 is 2.75 bits per heavy atom. The third-order valence-electron chi connectivity index (χ3n) is 1.95. The Morgan fingerprint density at radius 1 is 1.38 bits per heavy atom. The number of aromatic nitrogens is 2. The summed E-state index contributed by atoms with van der Waals surface area (Å²) >= 11 is 0. The number of para-hydroxylation sites is 1. The van der Waals surface area contributed by atoms with Gasteiger partial charge < -0.3 is 9.84 Å². The van der Waals surface area contributed by atoms with Gasteiger partial charge in [0.15, 0.2) is 5.82 Å². The molecule has 5 heteroatoms. The summed E-state index contributed by atoms with van der Waals surface area (Å²) < 4.78 is 4.77. The lowest BCUT2D eigenvalue weighted by molar-refractivity contribution is -0.115. The minimum Gasteiger partial charge on any atom is -0.340 e. The van der Waals surface area contributed by atoms with E-state index >= 15 is 0 Å². The van der Waals surface area contributed by atoms with Gasteiger partial charge in [0.1, 0.15) is 0 Å². The summed E-state index contributed by atoms with van der Waals surface area (Å²) in [6.07, 6.45) is 0.117. The van der Waals surface area contributed by atoms with Crippen LogP contribution in [0.4, 0.5) is 5.69 Å². The van der Waals surface area contributed by atoms with Crippen molar-refractivity contribution in [3.63, 3.8) is 0 Å². The zero-order chi connectivity index (χ0) is 11.4. The predicted molar refractivity (Wildman–Crippen MR) is 57.8 cm³/mol. The number of benzene rings is 1. The average Bonchev–Trinajstić information content (AvgIpc) is 2.65. The van der Waals surface area contributed by atoms with Gasteiger partial charge in [-0.2, -0.15) is 4.98 Å². The monoisotopic (exact) mass is 217 g/mol. The highest BCUT2D eigenvalue weighted by atomic mass is 16.5. The molecule has 0 fully saturated rings. The van der Waals surface area contributed by atoms with E-state index in [0.717, 1.165) is 5.69 Å². The van der Waals surface area contributed by atoms with Crippen molar-refractivity contribution >= 4 is 11.6 Å². The molecule has 0 radical (unpaired) electrons. The van der Waals surface area contributed by atoms with E-state index in [2.05, 4.69) is 15.5 Å². The lowest BCUT2D eigenvalue weighted by atomic mass is 10.3. The molecule has 1 amide bonds. The molecule has 5 nitrogen and oxygen atoms in total. The summed E-state index contributed by atoms with van der Waals surface area (Å²) in [5.41, 5.74) is 0.757. The topological polar surface area (TPSA) is 68.0 Å². The standard InChI is InChI=1S/C11H11N3O2/c1-8-12-10(14-16-8)7-11(15)13-9-5-3-2-4-6-9/h2-6H,7H2,1H3,(H,13,15). The lowest BCUT2D eigenvalue weighted by Gasteiger charge is -2.01. The first-order valence-corrected chi connectivity index (χ1v) is 4.88.